The standard InChI is InChI=1S/C27H32N2O5/c1-18(15-24(30)29-27(12-6-13-27)16-25(31)32)11-14-28-26(33)34-17-23-21-9-4-2-7-19(21)20-8-3-5-10-22(20)23/h2-5,7-10,18,23H,6,11-17H2,1H3,(H,28,33)(H,29,30)(H,31,32). The Morgan fingerprint density at radius 2 is 1.68 bits per heavy atom. The molecule has 0 aromatic heterocycles. The molecule has 1 atom stereocenters. The van der Waals surface area contributed by atoms with Crippen LogP contribution in [-0.2, 0) is 14.3 Å². The number of hydrogen-bond acceptors (Lipinski definition) is 4. The predicted molar refractivity (Wildman–Crippen MR) is 128 cm³/mol. The first-order chi connectivity index (χ1) is 16.4. The van der Waals surface area contributed by atoms with Crippen LogP contribution in [0.5, 0.6) is 0 Å². The zero-order valence-electron chi connectivity index (χ0n) is 19.5. The van der Waals surface area contributed by atoms with Crippen molar-refractivity contribution in [2.24, 2.45) is 5.92 Å². The minimum Gasteiger partial charge on any atom is -0.481 e. The molecule has 2 amide bonds. The van der Waals surface area contributed by atoms with E-state index >= 15 is 0 Å². The molecule has 2 aliphatic carbocycles. The summed E-state index contributed by atoms with van der Waals surface area (Å²) in [6.07, 6.45) is 2.79. The summed E-state index contributed by atoms with van der Waals surface area (Å²) in [5, 5.41) is 14.8. The van der Waals surface area contributed by atoms with Crippen LogP contribution in [-0.4, -0.2) is 41.8 Å². The van der Waals surface area contributed by atoms with Gasteiger partial charge in [-0.1, -0.05) is 55.5 Å². The molecule has 34 heavy (non-hydrogen) atoms. The number of benzene rings is 2. The molecule has 180 valence electrons. The van der Waals surface area contributed by atoms with Crippen LogP contribution in [0.25, 0.3) is 11.1 Å². The highest BCUT2D eigenvalue weighted by Gasteiger charge is 2.40. The van der Waals surface area contributed by atoms with Gasteiger partial charge in [-0.25, -0.2) is 4.79 Å². The van der Waals surface area contributed by atoms with Crippen molar-refractivity contribution in [3.63, 3.8) is 0 Å². The number of ether oxygens (including phenoxy) is 1. The molecule has 0 heterocycles. The second kappa shape index (κ2) is 10.3. The van der Waals surface area contributed by atoms with Gasteiger partial charge in [0.05, 0.1) is 12.0 Å². The molecule has 3 N–H and O–H groups in total. The lowest BCUT2D eigenvalue weighted by Crippen LogP contribution is -2.54. The van der Waals surface area contributed by atoms with Gasteiger partial charge in [0.15, 0.2) is 0 Å². The van der Waals surface area contributed by atoms with E-state index in [1.807, 2.05) is 31.2 Å². The van der Waals surface area contributed by atoms with Gasteiger partial charge in [-0.2, -0.15) is 0 Å². The molecule has 0 spiro atoms. The van der Waals surface area contributed by atoms with Gasteiger partial charge < -0.3 is 20.5 Å². The Morgan fingerprint density at radius 1 is 1.06 bits per heavy atom. The number of hydrogen-bond donors (Lipinski definition) is 3. The van der Waals surface area contributed by atoms with Crippen LogP contribution >= 0.6 is 0 Å². The number of nitrogens with one attached hydrogen (secondary N) is 2. The summed E-state index contributed by atoms with van der Waals surface area (Å²) in [6.45, 7) is 2.62. The highest BCUT2D eigenvalue weighted by Crippen LogP contribution is 2.44. The van der Waals surface area contributed by atoms with Crippen molar-refractivity contribution in [1.29, 1.82) is 0 Å². The first-order valence-electron chi connectivity index (χ1n) is 12.0. The summed E-state index contributed by atoms with van der Waals surface area (Å²) >= 11 is 0. The highest BCUT2D eigenvalue weighted by molar-refractivity contribution is 5.79. The van der Waals surface area contributed by atoms with E-state index in [1.54, 1.807) is 0 Å². The molecule has 1 unspecified atom stereocenters. The number of rotatable bonds is 10. The Labute approximate surface area is 199 Å². The van der Waals surface area contributed by atoms with Gasteiger partial charge in [-0.3, -0.25) is 9.59 Å². The van der Waals surface area contributed by atoms with E-state index in [-0.39, 0.29) is 30.8 Å². The van der Waals surface area contributed by atoms with Crippen molar-refractivity contribution >= 4 is 18.0 Å². The molecular weight excluding hydrogens is 432 g/mol. The van der Waals surface area contributed by atoms with Gasteiger partial charge in [0.1, 0.15) is 6.61 Å². The van der Waals surface area contributed by atoms with Crippen molar-refractivity contribution in [3.05, 3.63) is 59.7 Å². The Kier molecular flexibility index (Phi) is 7.20. The second-order valence-corrected chi connectivity index (χ2v) is 9.60. The minimum atomic E-state index is -0.889. The van der Waals surface area contributed by atoms with Gasteiger partial charge in [0, 0.05) is 18.9 Å². The zero-order chi connectivity index (χ0) is 24.1. The van der Waals surface area contributed by atoms with Crippen LogP contribution in [0.4, 0.5) is 4.79 Å². The van der Waals surface area contributed by atoms with E-state index < -0.39 is 17.6 Å². The molecule has 2 aromatic rings. The Bertz CT molecular complexity index is 1020. The number of aliphatic carboxylic acids is 1. The molecule has 2 aromatic carbocycles. The summed E-state index contributed by atoms with van der Waals surface area (Å²) in [4.78, 5) is 35.7. The summed E-state index contributed by atoms with van der Waals surface area (Å²) in [5.41, 5.74) is 4.13. The lowest BCUT2D eigenvalue weighted by atomic mass is 9.74. The quantitative estimate of drug-likeness (QED) is 0.482. The normalized spacial score (nSPS) is 16.5. The molecule has 1 fully saturated rings. The number of carbonyl (C=O) groups is 3. The average Bonchev–Trinajstić information content (AvgIpc) is 3.09. The van der Waals surface area contributed by atoms with E-state index in [0.717, 1.165) is 6.42 Å². The van der Waals surface area contributed by atoms with Crippen molar-refractivity contribution in [3.8, 4) is 11.1 Å². The average molecular weight is 465 g/mol. The Morgan fingerprint density at radius 3 is 2.24 bits per heavy atom. The van der Waals surface area contributed by atoms with Crippen LogP contribution in [0, 0.1) is 5.92 Å². The largest absolute Gasteiger partial charge is 0.481 e. The first-order valence-corrected chi connectivity index (χ1v) is 12.0. The van der Waals surface area contributed by atoms with Crippen molar-refractivity contribution in [2.45, 2.75) is 56.9 Å². The van der Waals surface area contributed by atoms with Crippen molar-refractivity contribution < 1.29 is 24.2 Å². The predicted octanol–water partition coefficient (Wildman–Crippen LogP) is 4.46. The number of carbonyl (C=O) groups excluding carboxylic acids is 2. The third-order valence-corrected chi connectivity index (χ3v) is 6.99. The van der Waals surface area contributed by atoms with E-state index in [0.29, 0.717) is 32.2 Å². The maximum Gasteiger partial charge on any atom is 0.407 e. The molecular formula is C27H32N2O5. The van der Waals surface area contributed by atoms with Gasteiger partial charge in [0.25, 0.3) is 0 Å². The summed E-state index contributed by atoms with van der Waals surface area (Å²) < 4.78 is 5.54. The number of amides is 2. The third-order valence-electron chi connectivity index (χ3n) is 6.99. The molecule has 0 aliphatic heterocycles. The monoisotopic (exact) mass is 464 g/mol. The molecule has 4 rings (SSSR count). The van der Waals surface area contributed by atoms with Crippen LogP contribution in [0.2, 0.25) is 0 Å². The van der Waals surface area contributed by atoms with Crippen LogP contribution in [0.15, 0.2) is 48.5 Å². The SMILES string of the molecule is CC(CCNC(=O)OCC1c2ccccc2-c2ccccc21)CC(=O)NC1(CC(=O)O)CCC1. The fourth-order valence-electron chi connectivity index (χ4n) is 5.07. The molecule has 7 heteroatoms. The fraction of sp³-hybridized carbons (Fsp3) is 0.444. The van der Waals surface area contributed by atoms with E-state index in [2.05, 4.69) is 34.9 Å². The summed E-state index contributed by atoms with van der Waals surface area (Å²) in [7, 11) is 0. The molecule has 2 aliphatic rings. The second-order valence-electron chi connectivity index (χ2n) is 9.60. The van der Waals surface area contributed by atoms with Crippen LogP contribution in [0.3, 0.4) is 0 Å². The zero-order valence-corrected chi connectivity index (χ0v) is 19.5. The van der Waals surface area contributed by atoms with Gasteiger partial charge in [0.2, 0.25) is 5.91 Å². The van der Waals surface area contributed by atoms with Gasteiger partial charge in [-0.15, -0.1) is 0 Å². The first kappa shape index (κ1) is 23.8. The van der Waals surface area contributed by atoms with E-state index in [4.69, 9.17) is 9.84 Å². The van der Waals surface area contributed by atoms with Crippen LogP contribution in [0.1, 0.15) is 62.5 Å². The number of carboxylic acids is 1. The summed E-state index contributed by atoms with van der Waals surface area (Å²) in [6, 6.07) is 16.4. The smallest absolute Gasteiger partial charge is 0.407 e. The summed E-state index contributed by atoms with van der Waals surface area (Å²) in [5.74, 6) is -0.948. The number of carboxylic acid groups (broad SMARTS) is 1. The van der Waals surface area contributed by atoms with E-state index in [1.165, 1.54) is 22.3 Å². The minimum absolute atomic E-state index is 0.0189. The van der Waals surface area contributed by atoms with Gasteiger partial charge in [-0.05, 0) is 53.9 Å². The van der Waals surface area contributed by atoms with Crippen molar-refractivity contribution in [1.82, 2.24) is 10.6 Å². The topological polar surface area (TPSA) is 105 Å². The molecule has 7 nitrogen and oxygen atoms in total. The van der Waals surface area contributed by atoms with E-state index in [9.17, 15) is 14.4 Å². The maximum absolute atomic E-state index is 12.4. The molecule has 0 bridgehead atoms. The molecule has 1 saturated carbocycles. The highest BCUT2D eigenvalue weighted by atomic mass is 16.5. The van der Waals surface area contributed by atoms with Gasteiger partial charge >= 0.3 is 12.1 Å². The molecule has 0 radical (unpaired) electrons. The molecule has 0 saturated heterocycles. The Hall–Kier alpha value is -3.35. The van der Waals surface area contributed by atoms with Crippen molar-refractivity contribution in [2.75, 3.05) is 13.2 Å². The number of fused-ring (bicyclic) bond motifs is 3. The van der Waals surface area contributed by atoms with Crippen LogP contribution < -0.4 is 10.6 Å². The lowest BCUT2D eigenvalue weighted by molar-refractivity contribution is -0.140. The third kappa shape index (κ3) is 5.41. The number of alkyl carbamates (subject to hydrolysis) is 1. The maximum atomic E-state index is 12.4. The fourth-order valence-corrected chi connectivity index (χ4v) is 5.07. The lowest BCUT2D eigenvalue weighted by Gasteiger charge is -2.41. The Balaban J connectivity index is 1.19.